The number of hydrogen-bond acceptors (Lipinski definition) is 4. The molecule has 0 saturated heterocycles. The van der Waals surface area contributed by atoms with Crippen molar-refractivity contribution in [2.75, 3.05) is 0 Å². The summed E-state index contributed by atoms with van der Waals surface area (Å²) in [6.45, 7) is 0. The Labute approximate surface area is 129 Å². The molecular weight excluding hydrogens is 306 g/mol. The van der Waals surface area contributed by atoms with E-state index in [-0.39, 0.29) is 17.2 Å². The van der Waals surface area contributed by atoms with Crippen LogP contribution in [0.3, 0.4) is 0 Å². The third kappa shape index (κ3) is 2.27. The SMILES string of the molecule is NC(=O)c1ccn2c(C(N)=O)c(-c3cccc(Cl)c3)nc2n1. The molecule has 7 nitrogen and oxygen atoms in total. The minimum atomic E-state index is -0.685. The zero-order valence-corrected chi connectivity index (χ0v) is 11.9. The van der Waals surface area contributed by atoms with Gasteiger partial charge in [-0.1, -0.05) is 23.7 Å². The average Bonchev–Trinajstić information content (AvgIpc) is 2.85. The van der Waals surface area contributed by atoms with E-state index in [9.17, 15) is 9.59 Å². The largest absolute Gasteiger partial charge is 0.364 e. The number of carbonyl (C=O) groups is 2. The monoisotopic (exact) mass is 315 g/mol. The van der Waals surface area contributed by atoms with Crippen molar-refractivity contribution < 1.29 is 9.59 Å². The summed E-state index contributed by atoms with van der Waals surface area (Å²) in [6.07, 6.45) is 1.48. The summed E-state index contributed by atoms with van der Waals surface area (Å²) in [6, 6.07) is 8.23. The molecule has 2 aromatic heterocycles. The Morgan fingerprint density at radius 1 is 1.09 bits per heavy atom. The van der Waals surface area contributed by atoms with Crippen molar-refractivity contribution >= 4 is 29.2 Å². The van der Waals surface area contributed by atoms with Crippen LogP contribution in [0.5, 0.6) is 0 Å². The molecule has 0 aliphatic rings. The standard InChI is InChI=1S/C14H10ClN5O2/c15-8-3-1-2-7(6-8)10-11(13(17)22)20-5-4-9(12(16)21)18-14(20)19-10/h1-6H,(H2,16,21)(H2,17,22). The summed E-state index contributed by atoms with van der Waals surface area (Å²) >= 11 is 5.96. The molecule has 4 N–H and O–H groups in total. The molecule has 110 valence electrons. The van der Waals surface area contributed by atoms with Crippen LogP contribution in [0.25, 0.3) is 17.0 Å². The molecule has 0 fully saturated rings. The third-order valence-electron chi connectivity index (χ3n) is 3.08. The molecule has 0 radical (unpaired) electrons. The first kappa shape index (κ1) is 14.0. The third-order valence-corrected chi connectivity index (χ3v) is 3.31. The van der Waals surface area contributed by atoms with Crippen LogP contribution in [0, 0.1) is 0 Å². The number of primary amides is 2. The van der Waals surface area contributed by atoms with E-state index in [2.05, 4.69) is 9.97 Å². The Bertz CT molecular complexity index is 919. The molecule has 3 aromatic rings. The van der Waals surface area contributed by atoms with E-state index in [0.717, 1.165) is 0 Å². The van der Waals surface area contributed by atoms with Crippen LogP contribution in [0.15, 0.2) is 36.5 Å². The lowest BCUT2D eigenvalue weighted by molar-refractivity contribution is 0.0989. The first-order chi connectivity index (χ1) is 10.5. The molecule has 0 atom stereocenters. The number of fused-ring (bicyclic) bond motifs is 1. The van der Waals surface area contributed by atoms with Crippen molar-refractivity contribution in [3.8, 4) is 11.3 Å². The van der Waals surface area contributed by atoms with Crippen LogP contribution in [0.1, 0.15) is 21.0 Å². The Morgan fingerprint density at radius 2 is 1.86 bits per heavy atom. The molecule has 0 bridgehead atoms. The second-order valence-electron chi connectivity index (χ2n) is 4.53. The van der Waals surface area contributed by atoms with Gasteiger partial charge in [0.2, 0.25) is 5.78 Å². The number of benzene rings is 1. The summed E-state index contributed by atoms with van der Waals surface area (Å²) in [7, 11) is 0. The van der Waals surface area contributed by atoms with E-state index in [4.69, 9.17) is 23.1 Å². The number of amides is 2. The predicted octanol–water partition coefficient (Wildman–Crippen LogP) is 1.25. The van der Waals surface area contributed by atoms with Crippen LogP contribution in [-0.4, -0.2) is 26.2 Å². The van der Waals surface area contributed by atoms with Gasteiger partial charge in [0.05, 0.1) is 0 Å². The zero-order valence-electron chi connectivity index (χ0n) is 11.2. The Kier molecular flexibility index (Phi) is 3.26. The number of hydrogen-bond donors (Lipinski definition) is 2. The first-order valence-corrected chi connectivity index (χ1v) is 6.60. The van der Waals surface area contributed by atoms with Gasteiger partial charge in [0.15, 0.2) is 0 Å². The van der Waals surface area contributed by atoms with Gasteiger partial charge in [-0.15, -0.1) is 0 Å². The lowest BCUT2D eigenvalue weighted by Gasteiger charge is -2.01. The summed E-state index contributed by atoms with van der Waals surface area (Å²) in [4.78, 5) is 31.3. The summed E-state index contributed by atoms with van der Waals surface area (Å²) in [5.74, 6) is -1.20. The topological polar surface area (TPSA) is 116 Å². The maximum absolute atomic E-state index is 11.8. The van der Waals surface area contributed by atoms with Gasteiger partial charge in [0, 0.05) is 16.8 Å². The molecule has 0 aliphatic carbocycles. The van der Waals surface area contributed by atoms with Crippen LogP contribution in [0.4, 0.5) is 0 Å². The number of imidazole rings is 1. The van der Waals surface area contributed by atoms with Gasteiger partial charge in [-0.05, 0) is 18.2 Å². The molecule has 0 unspecified atom stereocenters. The molecule has 3 rings (SSSR count). The van der Waals surface area contributed by atoms with Crippen molar-refractivity contribution in [3.63, 3.8) is 0 Å². The second-order valence-corrected chi connectivity index (χ2v) is 4.97. The Balaban J connectivity index is 2.31. The van der Waals surface area contributed by atoms with Crippen molar-refractivity contribution in [2.45, 2.75) is 0 Å². The fourth-order valence-corrected chi connectivity index (χ4v) is 2.33. The molecule has 2 amide bonds. The molecule has 22 heavy (non-hydrogen) atoms. The van der Waals surface area contributed by atoms with E-state index < -0.39 is 11.8 Å². The number of nitrogens with two attached hydrogens (primary N) is 2. The highest BCUT2D eigenvalue weighted by Gasteiger charge is 2.20. The summed E-state index contributed by atoms with van der Waals surface area (Å²) in [5.41, 5.74) is 11.8. The highest BCUT2D eigenvalue weighted by atomic mass is 35.5. The zero-order chi connectivity index (χ0) is 15.9. The van der Waals surface area contributed by atoms with E-state index in [1.165, 1.54) is 16.7 Å². The fraction of sp³-hybridized carbons (Fsp3) is 0. The van der Waals surface area contributed by atoms with Gasteiger partial charge in [-0.2, -0.15) is 0 Å². The summed E-state index contributed by atoms with van der Waals surface area (Å²) in [5, 5.41) is 0.496. The van der Waals surface area contributed by atoms with Crippen molar-refractivity contribution in [1.82, 2.24) is 14.4 Å². The molecule has 0 saturated carbocycles. The Morgan fingerprint density at radius 3 is 2.50 bits per heavy atom. The number of halogens is 1. The lowest BCUT2D eigenvalue weighted by atomic mass is 10.1. The first-order valence-electron chi connectivity index (χ1n) is 6.22. The molecule has 2 heterocycles. The van der Waals surface area contributed by atoms with E-state index in [1.807, 2.05) is 0 Å². The highest BCUT2D eigenvalue weighted by molar-refractivity contribution is 6.30. The van der Waals surface area contributed by atoms with E-state index >= 15 is 0 Å². The number of rotatable bonds is 3. The molecule has 0 spiro atoms. The van der Waals surface area contributed by atoms with Gasteiger partial charge >= 0.3 is 0 Å². The second kappa shape index (κ2) is 5.12. The number of nitrogens with zero attached hydrogens (tertiary/aromatic N) is 3. The van der Waals surface area contributed by atoms with E-state index in [0.29, 0.717) is 16.3 Å². The van der Waals surface area contributed by atoms with Crippen molar-refractivity contribution in [2.24, 2.45) is 11.5 Å². The molecular formula is C14H10ClN5O2. The van der Waals surface area contributed by atoms with Crippen molar-refractivity contribution in [3.05, 3.63) is 52.9 Å². The fourth-order valence-electron chi connectivity index (χ4n) is 2.14. The smallest absolute Gasteiger partial charge is 0.268 e. The quantitative estimate of drug-likeness (QED) is 0.756. The van der Waals surface area contributed by atoms with Gasteiger partial charge in [-0.3, -0.25) is 14.0 Å². The molecule has 0 aliphatic heterocycles. The van der Waals surface area contributed by atoms with Crippen molar-refractivity contribution in [1.29, 1.82) is 0 Å². The van der Waals surface area contributed by atoms with Gasteiger partial charge in [0.1, 0.15) is 17.1 Å². The maximum Gasteiger partial charge on any atom is 0.268 e. The predicted molar refractivity (Wildman–Crippen MR) is 80.5 cm³/mol. The Hall–Kier alpha value is -2.93. The minimum absolute atomic E-state index is 0.0474. The normalized spacial score (nSPS) is 10.8. The van der Waals surface area contributed by atoms with Crippen LogP contribution < -0.4 is 11.5 Å². The number of carbonyl (C=O) groups excluding carboxylic acids is 2. The lowest BCUT2D eigenvalue weighted by Crippen LogP contribution is -2.16. The van der Waals surface area contributed by atoms with Gasteiger partial charge in [0.25, 0.3) is 11.8 Å². The average molecular weight is 316 g/mol. The van der Waals surface area contributed by atoms with Crippen LogP contribution in [0.2, 0.25) is 5.02 Å². The molecule has 8 heteroatoms. The van der Waals surface area contributed by atoms with Gasteiger partial charge in [-0.25, -0.2) is 9.97 Å². The number of aromatic nitrogens is 3. The highest BCUT2D eigenvalue weighted by Crippen LogP contribution is 2.26. The minimum Gasteiger partial charge on any atom is -0.364 e. The van der Waals surface area contributed by atoms with E-state index in [1.54, 1.807) is 24.3 Å². The summed E-state index contributed by atoms with van der Waals surface area (Å²) < 4.78 is 1.41. The van der Waals surface area contributed by atoms with Crippen LogP contribution >= 0.6 is 11.6 Å². The van der Waals surface area contributed by atoms with Gasteiger partial charge < -0.3 is 11.5 Å². The maximum atomic E-state index is 11.8. The van der Waals surface area contributed by atoms with Crippen LogP contribution in [-0.2, 0) is 0 Å². The molecule has 1 aromatic carbocycles.